The lowest BCUT2D eigenvalue weighted by atomic mass is 9.82. The van der Waals surface area contributed by atoms with Gasteiger partial charge in [-0.2, -0.15) is 0 Å². The molecular weight excluding hydrogens is 280 g/mol. The van der Waals surface area contributed by atoms with Crippen molar-refractivity contribution in [2.75, 3.05) is 19.8 Å². The average Bonchev–Trinajstić information content (AvgIpc) is 2.30. The summed E-state index contributed by atoms with van der Waals surface area (Å²) in [5.74, 6) is 0. The zero-order valence-corrected chi connectivity index (χ0v) is 11.8. The van der Waals surface area contributed by atoms with Crippen LogP contribution in [0, 0.1) is 5.41 Å². The number of halogens is 1. The fourth-order valence-electron chi connectivity index (χ4n) is 2.10. The fraction of sp³-hybridized carbons (Fsp3) is 0.615. The second kappa shape index (κ2) is 5.94. The second-order valence-corrected chi connectivity index (χ2v) is 5.95. The van der Waals surface area contributed by atoms with Crippen LogP contribution in [0.5, 0.6) is 0 Å². The van der Waals surface area contributed by atoms with E-state index in [0.717, 1.165) is 43.6 Å². The minimum atomic E-state index is 0.387. The lowest BCUT2D eigenvalue weighted by Gasteiger charge is -2.33. The third-order valence-corrected chi connectivity index (χ3v) is 3.78. The van der Waals surface area contributed by atoms with Gasteiger partial charge in [-0.05, 0) is 45.8 Å². The molecule has 0 atom stereocenters. The molecule has 1 N–H and O–H groups in total. The molecule has 1 aliphatic rings. The number of ether oxygens (including phenoxy) is 1. The molecular formula is C13H19BrN2O. The van der Waals surface area contributed by atoms with Crippen LogP contribution in [-0.4, -0.2) is 24.7 Å². The van der Waals surface area contributed by atoms with Gasteiger partial charge in [0.15, 0.2) is 0 Å². The molecule has 94 valence electrons. The first-order chi connectivity index (χ1) is 8.18. The van der Waals surface area contributed by atoms with E-state index in [1.165, 1.54) is 5.56 Å². The summed E-state index contributed by atoms with van der Waals surface area (Å²) >= 11 is 3.43. The smallest absolute Gasteiger partial charge is 0.0471 e. The number of nitrogens with one attached hydrogen (secondary N) is 1. The molecule has 17 heavy (non-hydrogen) atoms. The highest BCUT2D eigenvalue weighted by Crippen LogP contribution is 2.28. The van der Waals surface area contributed by atoms with Gasteiger partial charge in [0.2, 0.25) is 0 Å². The Kier molecular flexibility index (Phi) is 4.54. The van der Waals surface area contributed by atoms with Crippen molar-refractivity contribution in [1.82, 2.24) is 10.3 Å². The highest BCUT2D eigenvalue weighted by Gasteiger charge is 2.26. The van der Waals surface area contributed by atoms with Gasteiger partial charge in [0.25, 0.3) is 0 Å². The number of rotatable bonds is 4. The molecule has 0 spiro atoms. The molecule has 4 heteroatoms. The number of pyridine rings is 1. The Morgan fingerprint density at radius 1 is 1.41 bits per heavy atom. The Morgan fingerprint density at radius 2 is 2.18 bits per heavy atom. The lowest BCUT2D eigenvalue weighted by Crippen LogP contribution is -2.36. The summed E-state index contributed by atoms with van der Waals surface area (Å²) in [6, 6.07) is 2.10. The number of aromatic nitrogens is 1. The quantitative estimate of drug-likeness (QED) is 0.928. The van der Waals surface area contributed by atoms with Gasteiger partial charge in [-0.3, -0.25) is 4.98 Å². The van der Waals surface area contributed by atoms with Gasteiger partial charge in [-0.15, -0.1) is 0 Å². The van der Waals surface area contributed by atoms with E-state index in [0.29, 0.717) is 5.41 Å². The molecule has 1 saturated heterocycles. The highest BCUT2D eigenvalue weighted by atomic mass is 79.9. The number of nitrogens with zero attached hydrogens (tertiary/aromatic N) is 1. The van der Waals surface area contributed by atoms with Crippen molar-refractivity contribution in [3.05, 3.63) is 28.5 Å². The van der Waals surface area contributed by atoms with E-state index in [1.807, 2.05) is 12.4 Å². The van der Waals surface area contributed by atoms with Crippen molar-refractivity contribution < 1.29 is 4.74 Å². The third-order valence-electron chi connectivity index (χ3n) is 3.34. The monoisotopic (exact) mass is 298 g/mol. The molecule has 0 aromatic carbocycles. The van der Waals surface area contributed by atoms with E-state index in [9.17, 15) is 0 Å². The standard InChI is InChI=1S/C13H19BrN2O/c1-13(2-4-17-5-3-13)10-16-8-11-6-12(14)9-15-7-11/h6-7,9,16H,2-5,8,10H2,1H3. The first-order valence-electron chi connectivity index (χ1n) is 6.06. The molecule has 0 radical (unpaired) electrons. The van der Waals surface area contributed by atoms with Gasteiger partial charge in [0.1, 0.15) is 0 Å². The maximum atomic E-state index is 5.40. The van der Waals surface area contributed by atoms with Crippen LogP contribution >= 0.6 is 15.9 Å². The van der Waals surface area contributed by atoms with Crippen molar-refractivity contribution in [2.45, 2.75) is 26.3 Å². The Morgan fingerprint density at radius 3 is 2.88 bits per heavy atom. The maximum Gasteiger partial charge on any atom is 0.0471 e. The predicted molar refractivity (Wildman–Crippen MR) is 71.8 cm³/mol. The SMILES string of the molecule is CC1(CNCc2cncc(Br)c2)CCOCC1. The Balaban J connectivity index is 1.79. The summed E-state index contributed by atoms with van der Waals surface area (Å²) in [5.41, 5.74) is 1.60. The molecule has 2 heterocycles. The molecule has 2 rings (SSSR count). The first kappa shape index (κ1) is 13.0. The van der Waals surface area contributed by atoms with Crippen LogP contribution in [0.25, 0.3) is 0 Å². The van der Waals surface area contributed by atoms with Gasteiger partial charge in [-0.25, -0.2) is 0 Å². The summed E-state index contributed by atoms with van der Waals surface area (Å²) in [6.45, 7) is 6.06. The molecule has 3 nitrogen and oxygen atoms in total. The Hall–Kier alpha value is -0.450. The third kappa shape index (κ3) is 4.05. The topological polar surface area (TPSA) is 34.2 Å². The van der Waals surface area contributed by atoms with E-state index in [2.05, 4.69) is 39.2 Å². The van der Waals surface area contributed by atoms with E-state index in [4.69, 9.17) is 4.74 Å². The van der Waals surface area contributed by atoms with Gasteiger partial charge >= 0.3 is 0 Å². The number of hydrogen-bond donors (Lipinski definition) is 1. The maximum absolute atomic E-state index is 5.40. The molecule has 0 aliphatic carbocycles. The van der Waals surface area contributed by atoms with Crippen molar-refractivity contribution in [3.63, 3.8) is 0 Å². The summed E-state index contributed by atoms with van der Waals surface area (Å²) in [7, 11) is 0. The molecule has 0 amide bonds. The van der Waals surface area contributed by atoms with E-state index >= 15 is 0 Å². The minimum absolute atomic E-state index is 0.387. The molecule has 1 aromatic heterocycles. The van der Waals surface area contributed by atoms with E-state index in [1.54, 1.807) is 0 Å². The zero-order valence-electron chi connectivity index (χ0n) is 10.2. The first-order valence-corrected chi connectivity index (χ1v) is 6.85. The zero-order chi connectivity index (χ0) is 12.1. The molecule has 1 aliphatic heterocycles. The summed E-state index contributed by atoms with van der Waals surface area (Å²) in [5, 5.41) is 3.52. The molecule has 0 unspecified atom stereocenters. The summed E-state index contributed by atoms with van der Waals surface area (Å²) in [6.07, 6.45) is 6.01. The number of hydrogen-bond acceptors (Lipinski definition) is 3. The fourth-order valence-corrected chi connectivity index (χ4v) is 2.51. The van der Waals surface area contributed by atoms with Crippen LogP contribution in [0.1, 0.15) is 25.3 Å². The van der Waals surface area contributed by atoms with Crippen molar-refractivity contribution in [1.29, 1.82) is 0 Å². The Bertz CT molecular complexity index is 364. The summed E-state index contributed by atoms with van der Waals surface area (Å²) < 4.78 is 6.44. The summed E-state index contributed by atoms with van der Waals surface area (Å²) in [4.78, 5) is 4.16. The van der Waals surface area contributed by atoms with Gasteiger partial charge < -0.3 is 10.1 Å². The molecule has 0 bridgehead atoms. The lowest BCUT2D eigenvalue weighted by molar-refractivity contribution is 0.0240. The Labute approximate surface area is 111 Å². The van der Waals surface area contributed by atoms with Crippen LogP contribution < -0.4 is 5.32 Å². The highest BCUT2D eigenvalue weighted by molar-refractivity contribution is 9.10. The van der Waals surface area contributed by atoms with Crippen LogP contribution in [0.4, 0.5) is 0 Å². The largest absolute Gasteiger partial charge is 0.381 e. The molecule has 1 fully saturated rings. The van der Waals surface area contributed by atoms with Gasteiger partial charge in [-0.1, -0.05) is 6.92 Å². The minimum Gasteiger partial charge on any atom is -0.381 e. The normalized spacial score (nSPS) is 19.2. The van der Waals surface area contributed by atoms with Crippen molar-refractivity contribution in [2.24, 2.45) is 5.41 Å². The van der Waals surface area contributed by atoms with Gasteiger partial charge in [0, 0.05) is 43.2 Å². The van der Waals surface area contributed by atoms with E-state index < -0.39 is 0 Å². The molecule has 0 saturated carbocycles. The molecule has 1 aromatic rings. The van der Waals surface area contributed by atoms with Crippen LogP contribution in [-0.2, 0) is 11.3 Å². The van der Waals surface area contributed by atoms with Crippen molar-refractivity contribution in [3.8, 4) is 0 Å². The second-order valence-electron chi connectivity index (χ2n) is 5.04. The van der Waals surface area contributed by atoms with Crippen molar-refractivity contribution >= 4 is 15.9 Å². The van der Waals surface area contributed by atoms with Gasteiger partial charge in [0.05, 0.1) is 0 Å². The predicted octanol–water partition coefficient (Wildman–Crippen LogP) is 2.75. The van der Waals surface area contributed by atoms with Crippen LogP contribution in [0.15, 0.2) is 22.9 Å². The van der Waals surface area contributed by atoms with Crippen LogP contribution in [0.2, 0.25) is 0 Å². The van der Waals surface area contributed by atoms with Crippen LogP contribution in [0.3, 0.4) is 0 Å². The average molecular weight is 299 g/mol. The van der Waals surface area contributed by atoms with E-state index in [-0.39, 0.29) is 0 Å².